The summed E-state index contributed by atoms with van der Waals surface area (Å²) >= 11 is 0. The molecule has 0 saturated heterocycles. The van der Waals surface area contributed by atoms with Crippen molar-refractivity contribution in [2.45, 2.75) is 58.0 Å². The number of anilines is 1. The zero-order valence-electron chi connectivity index (χ0n) is 18.3. The fourth-order valence-electron chi connectivity index (χ4n) is 4.54. The van der Waals surface area contributed by atoms with Crippen LogP contribution in [-0.4, -0.2) is 33.9 Å². The molecule has 2 aliphatic rings. The number of hydrogen-bond donors (Lipinski definition) is 3. The molecule has 2 amide bonds. The molecule has 0 spiro atoms. The molecule has 164 valence electrons. The summed E-state index contributed by atoms with van der Waals surface area (Å²) < 4.78 is 6.15. The number of rotatable bonds is 4. The van der Waals surface area contributed by atoms with Gasteiger partial charge in [0, 0.05) is 12.1 Å². The first kappa shape index (κ1) is 21.1. The summed E-state index contributed by atoms with van der Waals surface area (Å²) in [6.07, 6.45) is 4.41. The Hall–Kier alpha value is -3.16. The number of primary amides is 1. The van der Waals surface area contributed by atoms with Gasteiger partial charge >= 0.3 is 6.03 Å². The first-order valence-corrected chi connectivity index (χ1v) is 10.8. The number of urea groups is 1. The van der Waals surface area contributed by atoms with Gasteiger partial charge in [0.1, 0.15) is 11.4 Å². The predicted octanol–water partition coefficient (Wildman–Crippen LogP) is 3.60. The lowest BCUT2D eigenvalue weighted by Crippen LogP contribution is -2.41. The molecule has 8 heteroatoms. The molecule has 0 atom stereocenters. The zero-order chi connectivity index (χ0) is 22.2. The van der Waals surface area contributed by atoms with Crippen LogP contribution in [0, 0.1) is 12.8 Å². The topological polar surface area (TPSA) is 129 Å². The van der Waals surface area contributed by atoms with Gasteiger partial charge in [-0.25, -0.2) is 14.8 Å². The summed E-state index contributed by atoms with van der Waals surface area (Å²) in [6, 6.07) is 8.14. The lowest BCUT2D eigenvalue weighted by Gasteiger charge is -2.32. The van der Waals surface area contributed by atoms with E-state index in [-0.39, 0.29) is 0 Å². The van der Waals surface area contributed by atoms with Crippen LogP contribution in [0.3, 0.4) is 0 Å². The molecule has 4 rings (SSSR count). The minimum absolute atomic E-state index is 0.328. The summed E-state index contributed by atoms with van der Waals surface area (Å²) in [6.45, 7) is 6.42. The average molecular weight is 423 g/mol. The van der Waals surface area contributed by atoms with Crippen LogP contribution in [0.2, 0.25) is 0 Å². The average Bonchev–Trinajstić information content (AvgIpc) is 2.71. The number of ether oxygens (including phenoxy) is 1. The third-order valence-corrected chi connectivity index (χ3v) is 6.20. The van der Waals surface area contributed by atoms with Crippen LogP contribution in [0.4, 0.5) is 16.3 Å². The quantitative estimate of drug-likeness (QED) is 0.693. The number of aryl methyl sites for hydroxylation is 1. The molecule has 1 aromatic carbocycles. The van der Waals surface area contributed by atoms with Crippen LogP contribution < -0.4 is 21.5 Å². The van der Waals surface area contributed by atoms with Crippen molar-refractivity contribution in [1.82, 2.24) is 15.3 Å². The molecule has 1 aliphatic heterocycles. The van der Waals surface area contributed by atoms with Gasteiger partial charge in [0.25, 0.3) is 0 Å². The fourth-order valence-corrected chi connectivity index (χ4v) is 4.54. The van der Waals surface area contributed by atoms with Gasteiger partial charge in [-0.3, -0.25) is 0 Å². The molecule has 0 bridgehead atoms. The van der Waals surface area contributed by atoms with Crippen LogP contribution in [0.15, 0.2) is 29.3 Å². The largest absolute Gasteiger partial charge is 0.463 e. The van der Waals surface area contributed by atoms with Gasteiger partial charge in [-0.15, -0.1) is 0 Å². The summed E-state index contributed by atoms with van der Waals surface area (Å²) in [5.41, 5.74) is 14.3. The van der Waals surface area contributed by atoms with Crippen LogP contribution in [0.25, 0.3) is 0 Å². The summed E-state index contributed by atoms with van der Waals surface area (Å²) in [5, 5.41) is 2.73. The number of nitrogens with two attached hydrogens (primary N) is 2. The Morgan fingerprint density at radius 3 is 2.48 bits per heavy atom. The van der Waals surface area contributed by atoms with Crippen molar-refractivity contribution < 1.29 is 9.53 Å². The van der Waals surface area contributed by atoms with E-state index in [4.69, 9.17) is 21.2 Å². The highest BCUT2D eigenvalue weighted by Crippen LogP contribution is 2.40. The minimum atomic E-state index is -0.632. The van der Waals surface area contributed by atoms with Crippen molar-refractivity contribution >= 4 is 23.2 Å². The van der Waals surface area contributed by atoms with Crippen molar-refractivity contribution in [2.75, 3.05) is 12.3 Å². The van der Waals surface area contributed by atoms with Gasteiger partial charge in [-0.05, 0) is 63.9 Å². The van der Waals surface area contributed by atoms with E-state index in [1.807, 2.05) is 13.8 Å². The van der Waals surface area contributed by atoms with E-state index in [0.29, 0.717) is 41.6 Å². The number of nitrogens with zero attached hydrogens (tertiary/aromatic N) is 3. The van der Waals surface area contributed by atoms with E-state index >= 15 is 0 Å². The molecule has 31 heavy (non-hydrogen) atoms. The van der Waals surface area contributed by atoms with Gasteiger partial charge < -0.3 is 21.5 Å². The first-order chi connectivity index (χ1) is 14.7. The molecule has 1 aliphatic carbocycles. The number of aliphatic imine (C=N–C) groups is 1. The number of fused-ring (bicyclic) bond motifs is 1. The third-order valence-electron chi connectivity index (χ3n) is 6.20. The van der Waals surface area contributed by atoms with Gasteiger partial charge in [-0.2, -0.15) is 4.98 Å². The molecular formula is C23H30N6O2. The summed E-state index contributed by atoms with van der Waals surface area (Å²) in [5.74, 6) is 2.36. The van der Waals surface area contributed by atoms with Gasteiger partial charge in [0.05, 0.1) is 5.71 Å². The smallest absolute Gasteiger partial charge is 0.312 e. The number of carbonyl (C=O) groups is 1. The number of benzene rings is 1. The fraction of sp³-hybridized carbons (Fsp3) is 0.478. The van der Waals surface area contributed by atoms with Crippen LogP contribution in [0.5, 0.6) is 5.88 Å². The normalized spacial score (nSPS) is 22.1. The minimum Gasteiger partial charge on any atom is -0.463 e. The van der Waals surface area contributed by atoms with Crippen molar-refractivity contribution in [3.8, 4) is 5.88 Å². The molecule has 0 radical (unpaired) electrons. The maximum atomic E-state index is 10.9. The Balaban J connectivity index is 1.50. The Labute approximate surface area is 182 Å². The Bertz CT molecular complexity index is 1010. The lowest BCUT2D eigenvalue weighted by molar-refractivity contribution is 0.171. The molecule has 5 N–H and O–H groups in total. The number of nitrogen functional groups attached to an aromatic ring is 1. The number of nitrogens with one attached hydrogen (secondary N) is 1. The lowest BCUT2D eigenvalue weighted by atomic mass is 9.78. The van der Waals surface area contributed by atoms with E-state index in [0.717, 1.165) is 37.0 Å². The molecular weight excluding hydrogens is 392 g/mol. The van der Waals surface area contributed by atoms with Crippen molar-refractivity contribution in [3.05, 3.63) is 41.2 Å². The second-order valence-corrected chi connectivity index (χ2v) is 8.97. The maximum Gasteiger partial charge on any atom is 0.312 e. The summed E-state index contributed by atoms with van der Waals surface area (Å²) in [7, 11) is 0. The highest BCUT2D eigenvalue weighted by atomic mass is 16.5. The molecule has 0 unspecified atom stereocenters. The number of aromatic nitrogens is 2. The van der Waals surface area contributed by atoms with Gasteiger partial charge in [0.15, 0.2) is 11.5 Å². The Morgan fingerprint density at radius 2 is 1.84 bits per heavy atom. The number of carbonyl (C=O) groups excluding carboxylic acids is 1. The molecule has 1 saturated carbocycles. The molecule has 1 aromatic heterocycles. The maximum absolute atomic E-state index is 10.9. The van der Waals surface area contributed by atoms with E-state index in [1.54, 1.807) is 6.92 Å². The van der Waals surface area contributed by atoms with Crippen molar-refractivity contribution in [1.29, 1.82) is 0 Å². The molecule has 2 aromatic rings. The predicted molar refractivity (Wildman–Crippen MR) is 121 cm³/mol. The Morgan fingerprint density at radius 1 is 1.16 bits per heavy atom. The van der Waals surface area contributed by atoms with Crippen LogP contribution >= 0.6 is 0 Å². The highest BCUT2D eigenvalue weighted by Gasteiger charge is 2.35. The molecule has 8 nitrogen and oxygen atoms in total. The number of amides is 2. The second kappa shape index (κ2) is 8.17. The van der Waals surface area contributed by atoms with Gasteiger partial charge in [0.2, 0.25) is 5.88 Å². The van der Waals surface area contributed by atoms with Crippen LogP contribution in [-0.2, 0) is 0 Å². The van der Waals surface area contributed by atoms with E-state index < -0.39 is 11.6 Å². The third kappa shape index (κ3) is 4.47. The number of hydrogen-bond acceptors (Lipinski definition) is 6. The van der Waals surface area contributed by atoms with E-state index in [9.17, 15) is 4.79 Å². The van der Waals surface area contributed by atoms with E-state index in [2.05, 4.69) is 39.6 Å². The van der Waals surface area contributed by atoms with Crippen molar-refractivity contribution in [2.24, 2.45) is 16.6 Å². The summed E-state index contributed by atoms with van der Waals surface area (Å²) in [4.78, 5) is 24.3. The molecule has 1 fully saturated rings. The first-order valence-electron chi connectivity index (χ1n) is 10.8. The highest BCUT2D eigenvalue weighted by molar-refractivity contribution is 6.09. The molecule has 2 heterocycles. The monoisotopic (exact) mass is 422 g/mol. The SMILES string of the molecule is Cc1nc(N)c2c(n1)OC(C)(C)C(c1ccc([C@H]3CC[C@H](CNC(N)=O)CC3)cc1)=N2. The second-order valence-electron chi connectivity index (χ2n) is 8.97. The van der Waals surface area contributed by atoms with E-state index in [1.165, 1.54) is 5.56 Å². The van der Waals surface area contributed by atoms with Gasteiger partial charge in [-0.1, -0.05) is 24.3 Å². The Kier molecular flexibility index (Phi) is 5.56. The standard InChI is InChI=1S/C23H30N6O2/c1-13-27-20(24)18-21(28-13)31-23(2,3)19(29-18)17-10-8-16(9-11-17)15-6-4-14(5-7-15)12-26-22(25)30/h8-11,14-15H,4-7,12H2,1-3H3,(H2,24,27,28)(H3,25,26,30)/t14-,15-. The van der Waals surface area contributed by atoms with Crippen molar-refractivity contribution in [3.63, 3.8) is 0 Å². The van der Waals surface area contributed by atoms with Crippen LogP contribution in [0.1, 0.15) is 62.4 Å². The zero-order valence-corrected chi connectivity index (χ0v) is 18.3.